The van der Waals surface area contributed by atoms with Crippen LogP contribution in [0.4, 0.5) is 0 Å². The van der Waals surface area contributed by atoms with E-state index in [2.05, 4.69) is 37.1 Å². The molecule has 21 heavy (non-hydrogen) atoms. The first-order chi connectivity index (χ1) is 10.3. The maximum atomic E-state index is 4.62. The quantitative estimate of drug-likeness (QED) is 0.760. The van der Waals surface area contributed by atoms with Crippen LogP contribution in [0.5, 0.6) is 0 Å². The van der Waals surface area contributed by atoms with Crippen LogP contribution in [0.2, 0.25) is 0 Å². The topological polar surface area (TPSA) is 55.6 Å². The maximum Gasteiger partial charge on any atom is 0.142 e. The van der Waals surface area contributed by atoms with Gasteiger partial charge in [0, 0.05) is 43.1 Å². The Hall–Kier alpha value is -2.05. The molecule has 6 heteroatoms. The van der Waals surface area contributed by atoms with Crippen LogP contribution in [0.1, 0.15) is 12.6 Å². The summed E-state index contributed by atoms with van der Waals surface area (Å²) < 4.78 is 2.07. The molecule has 3 aromatic heterocycles. The van der Waals surface area contributed by atoms with Gasteiger partial charge in [-0.25, -0.2) is 9.97 Å². The first-order valence-corrected chi connectivity index (χ1v) is 7.74. The molecule has 0 aromatic carbocycles. The summed E-state index contributed by atoms with van der Waals surface area (Å²) in [5, 5.41) is 6.53. The fourth-order valence-electron chi connectivity index (χ4n) is 2.05. The van der Waals surface area contributed by atoms with Gasteiger partial charge in [0.05, 0.1) is 17.7 Å². The van der Waals surface area contributed by atoms with E-state index in [1.165, 1.54) is 0 Å². The molecule has 0 bridgehead atoms. The lowest BCUT2D eigenvalue weighted by Crippen LogP contribution is -2.29. The largest absolute Gasteiger partial charge is 0.336 e. The molecule has 3 aromatic rings. The van der Waals surface area contributed by atoms with Crippen LogP contribution in [0.15, 0.2) is 48.5 Å². The number of hydrogen-bond acceptors (Lipinski definition) is 5. The molecule has 0 aliphatic carbocycles. The first-order valence-electron chi connectivity index (χ1n) is 6.86. The van der Waals surface area contributed by atoms with Crippen molar-refractivity contribution < 1.29 is 0 Å². The summed E-state index contributed by atoms with van der Waals surface area (Å²) in [5.74, 6) is 0. The number of thiazole rings is 1. The number of aromatic nitrogens is 4. The third-order valence-corrected chi connectivity index (χ3v) is 4.02. The minimum absolute atomic E-state index is 0.360. The van der Waals surface area contributed by atoms with Crippen LogP contribution < -0.4 is 5.32 Å². The van der Waals surface area contributed by atoms with Crippen molar-refractivity contribution in [3.05, 3.63) is 54.2 Å². The fourth-order valence-corrected chi connectivity index (χ4v) is 2.84. The third-order valence-electron chi connectivity index (χ3n) is 3.11. The summed E-state index contributed by atoms with van der Waals surface area (Å²) in [4.78, 5) is 13.0. The van der Waals surface area contributed by atoms with Crippen molar-refractivity contribution >= 4 is 11.3 Å². The highest BCUT2D eigenvalue weighted by atomic mass is 32.1. The molecule has 0 saturated carbocycles. The molecule has 108 valence electrons. The van der Waals surface area contributed by atoms with Crippen LogP contribution in [0.3, 0.4) is 0 Å². The number of rotatable bonds is 6. The van der Waals surface area contributed by atoms with E-state index in [9.17, 15) is 0 Å². The van der Waals surface area contributed by atoms with Crippen molar-refractivity contribution in [3.8, 4) is 10.7 Å². The Balaban J connectivity index is 1.55. The van der Waals surface area contributed by atoms with Crippen molar-refractivity contribution in [3.63, 3.8) is 0 Å². The zero-order chi connectivity index (χ0) is 14.5. The van der Waals surface area contributed by atoms with E-state index in [1.54, 1.807) is 23.7 Å². The second kappa shape index (κ2) is 6.60. The Morgan fingerprint density at radius 1 is 1.33 bits per heavy atom. The van der Waals surface area contributed by atoms with Gasteiger partial charge in [-0.3, -0.25) is 4.98 Å². The lowest BCUT2D eigenvalue weighted by molar-refractivity contribution is 0.474. The standard InChI is InChI=1S/C15H17N5S/c1-12(9-20-7-6-16-11-20)18-8-13-10-21-15(19-13)14-4-2-3-5-17-14/h2-7,10-12,18H,8-9H2,1H3. The van der Waals surface area contributed by atoms with Gasteiger partial charge in [-0.2, -0.15) is 0 Å². The summed E-state index contributed by atoms with van der Waals surface area (Å²) in [5.41, 5.74) is 1.98. The highest BCUT2D eigenvalue weighted by Gasteiger charge is 2.07. The van der Waals surface area contributed by atoms with E-state index in [0.717, 1.165) is 29.5 Å². The summed E-state index contributed by atoms with van der Waals surface area (Å²) >= 11 is 1.63. The summed E-state index contributed by atoms with van der Waals surface area (Å²) in [6, 6.07) is 6.24. The van der Waals surface area contributed by atoms with E-state index < -0.39 is 0 Å². The van der Waals surface area contributed by atoms with Crippen LogP contribution in [-0.2, 0) is 13.1 Å². The molecular formula is C15H17N5S. The fraction of sp³-hybridized carbons (Fsp3) is 0.267. The Labute approximate surface area is 127 Å². The van der Waals surface area contributed by atoms with Crippen LogP contribution in [0, 0.1) is 0 Å². The number of hydrogen-bond donors (Lipinski definition) is 1. The van der Waals surface area contributed by atoms with Gasteiger partial charge in [-0.1, -0.05) is 6.07 Å². The van der Waals surface area contributed by atoms with Gasteiger partial charge in [0.15, 0.2) is 0 Å². The van der Waals surface area contributed by atoms with Crippen molar-refractivity contribution in [1.82, 2.24) is 24.8 Å². The molecule has 0 spiro atoms. The van der Waals surface area contributed by atoms with E-state index in [-0.39, 0.29) is 0 Å². The van der Waals surface area contributed by atoms with Crippen LogP contribution in [0.25, 0.3) is 10.7 Å². The van der Waals surface area contributed by atoms with E-state index in [4.69, 9.17) is 0 Å². The lowest BCUT2D eigenvalue weighted by atomic mass is 10.3. The van der Waals surface area contributed by atoms with E-state index >= 15 is 0 Å². The van der Waals surface area contributed by atoms with E-state index in [0.29, 0.717) is 6.04 Å². The lowest BCUT2D eigenvalue weighted by Gasteiger charge is -2.13. The molecule has 0 saturated heterocycles. The van der Waals surface area contributed by atoms with Crippen molar-refractivity contribution in [2.75, 3.05) is 0 Å². The zero-order valence-electron chi connectivity index (χ0n) is 11.8. The Morgan fingerprint density at radius 3 is 3.05 bits per heavy atom. The second-order valence-corrected chi connectivity index (χ2v) is 5.76. The Kier molecular flexibility index (Phi) is 4.37. The van der Waals surface area contributed by atoms with Gasteiger partial charge in [-0.05, 0) is 19.1 Å². The predicted octanol–water partition coefficient (Wildman–Crippen LogP) is 2.58. The third kappa shape index (κ3) is 3.74. The van der Waals surface area contributed by atoms with Crippen molar-refractivity contribution in [1.29, 1.82) is 0 Å². The molecule has 1 unspecified atom stereocenters. The highest BCUT2D eigenvalue weighted by Crippen LogP contribution is 2.21. The predicted molar refractivity (Wildman–Crippen MR) is 83.9 cm³/mol. The molecule has 1 N–H and O–H groups in total. The van der Waals surface area contributed by atoms with Gasteiger partial charge >= 0.3 is 0 Å². The summed E-state index contributed by atoms with van der Waals surface area (Å²) in [6.45, 7) is 3.82. The minimum atomic E-state index is 0.360. The second-order valence-electron chi connectivity index (χ2n) is 4.90. The van der Waals surface area contributed by atoms with Crippen molar-refractivity contribution in [2.24, 2.45) is 0 Å². The maximum absolute atomic E-state index is 4.62. The van der Waals surface area contributed by atoms with Gasteiger partial charge in [0.25, 0.3) is 0 Å². The molecule has 0 fully saturated rings. The summed E-state index contributed by atoms with van der Waals surface area (Å²) in [7, 11) is 0. The molecule has 0 aliphatic heterocycles. The molecule has 0 aliphatic rings. The number of pyridine rings is 1. The summed E-state index contributed by atoms with van der Waals surface area (Å²) in [6.07, 6.45) is 7.40. The SMILES string of the molecule is CC(Cn1ccnc1)NCc1csc(-c2ccccn2)n1. The molecule has 5 nitrogen and oxygen atoms in total. The molecule has 0 radical (unpaired) electrons. The molecule has 3 rings (SSSR count). The van der Waals surface area contributed by atoms with Crippen LogP contribution >= 0.6 is 11.3 Å². The number of nitrogens with zero attached hydrogens (tertiary/aromatic N) is 4. The first kappa shape index (κ1) is 13.9. The van der Waals surface area contributed by atoms with E-state index in [1.807, 2.05) is 30.7 Å². The number of nitrogens with one attached hydrogen (secondary N) is 1. The minimum Gasteiger partial charge on any atom is -0.336 e. The normalized spacial score (nSPS) is 12.4. The highest BCUT2D eigenvalue weighted by molar-refractivity contribution is 7.13. The van der Waals surface area contributed by atoms with Crippen molar-refractivity contribution in [2.45, 2.75) is 26.1 Å². The van der Waals surface area contributed by atoms with Gasteiger partial charge in [0.1, 0.15) is 5.01 Å². The smallest absolute Gasteiger partial charge is 0.142 e. The Bertz CT molecular complexity index is 662. The monoisotopic (exact) mass is 299 g/mol. The van der Waals surface area contributed by atoms with Gasteiger partial charge < -0.3 is 9.88 Å². The molecular weight excluding hydrogens is 282 g/mol. The zero-order valence-corrected chi connectivity index (χ0v) is 12.6. The molecule has 1 atom stereocenters. The van der Waals surface area contributed by atoms with Gasteiger partial charge in [-0.15, -0.1) is 11.3 Å². The Morgan fingerprint density at radius 2 is 2.29 bits per heavy atom. The molecule has 0 amide bonds. The number of imidazole rings is 1. The molecule has 3 heterocycles. The van der Waals surface area contributed by atoms with Crippen LogP contribution in [-0.4, -0.2) is 25.6 Å². The average Bonchev–Trinajstić information content (AvgIpc) is 3.17. The van der Waals surface area contributed by atoms with Gasteiger partial charge in [0.2, 0.25) is 0 Å². The average molecular weight is 299 g/mol.